The number of esters is 1. The van der Waals surface area contributed by atoms with Crippen LogP contribution in [0.4, 0.5) is 11.4 Å². The van der Waals surface area contributed by atoms with E-state index in [0.29, 0.717) is 11.3 Å². The summed E-state index contributed by atoms with van der Waals surface area (Å²) >= 11 is 0. The molecule has 0 radical (unpaired) electrons. The van der Waals surface area contributed by atoms with Crippen molar-refractivity contribution < 1.29 is 14.5 Å². The van der Waals surface area contributed by atoms with Gasteiger partial charge in [0.25, 0.3) is 5.69 Å². The first-order valence-electron chi connectivity index (χ1n) is 8.72. The quantitative estimate of drug-likeness (QED) is 0.361. The van der Waals surface area contributed by atoms with Crippen LogP contribution in [0, 0.1) is 10.1 Å². The largest absolute Gasteiger partial charge is 0.466 e. The van der Waals surface area contributed by atoms with E-state index in [1.807, 2.05) is 12.1 Å². The lowest BCUT2D eigenvalue weighted by atomic mass is 9.86. The molecule has 1 aliphatic carbocycles. The van der Waals surface area contributed by atoms with E-state index in [1.165, 1.54) is 36.5 Å². The lowest BCUT2D eigenvalue weighted by Crippen LogP contribution is -2.15. The number of carbonyl (C=O) groups is 1. The number of benzene rings is 2. The van der Waals surface area contributed by atoms with Gasteiger partial charge in [-0.05, 0) is 40.7 Å². The van der Waals surface area contributed by atoms with Gasteiger partial charge in [-0.3, -0.25) is 10.1 Å². The third-order valence-corrected chi connectivity index (χ3v) is 4.94. The predicted molar refractivity (Wildman–Crippen MR) is 105 cm³/mol. The topological polar surface area (TPSA) is 81.5 Å². The Morgan fingerprint density at radius 1 is 1.30 bits per heavy atom. The number of fused-ring (bicyclic) bond motifs is 1. The third kappa shape index (κ3) is 3.84. The molecule has 0 heterocycles. The van der Waals surface area contributed by atoms with Crippen molar-refractivity contribution in [2.24, 2.45) is 0 Å². The second-order valence-corrected chi connectivity index (χ2v) is 7.26. The van der Waals surface area contributed by atoms with E-state index in [-0.39, 0.29) is 17.1 Å². The summed E-state index contributed by atoms with van der Waals surface area (Å²) in [5, 5.41) is 14.9. The van der Waals surface area contributed by atoms with Crippen LogP contribution in [0.2, 0.25) is 0 Å². The minimum atomic E-state index is -0.510. The zero-order chi connectivity index (χ0) is 19.6. The standard InChI is InChI=1S/C21H22N2O4/c1-21(2)13-18(15-6-4-5-7-16(15)21)22-17-10-8-14(9-11-20(24)27-3)12-19(17)23(25)26/h4-12,18,22H,13H2,1-3H3/b11-9+/t18-/m1/s1. The Balaban J connectivity index is 1.91. The fourth-order valence-electron chi connectivity index (χ4n) is 3.62. The second-order valence-electron chi connectivity index (χ2n) is 7.26. The lowest BCUT2D eigenvalue weighted by Gasteiger charge is -2.20. The van der Waals surface area contributed by atoms with E-state index in [0.717, 1.165) is 6.42 Å². The smallest absolute Gasteiger partial charge is 0.330 e. The van der Waals surface area contributed by atoms with Crippen LogP contribution in [0.25, 0.3) is 6.08 Å². The molecule has 1 atom stereocenters. The van der Waals surface area contributed by atoms with Crippen LogP contribution < -0.4 is 5.32 Å². The molecule has 0 aromatic heterocycles. The summed E-state index contributed by atoms with van der Waals surface area (Å²) in [6.07, 6.45) is 3.59. The van der Waals surface area contributed by atoms with E-state index in [1.54, 1.807) is 12.1 Å². The van der Waals surface area contributed by atoms with E-state index >= 15 is 0 Å². The molecule has 140 valence electrons. The first kappa shape index (κ1) is 18.6. The first-order chi connectivity index (χ1) is 12.8. The summed E-state index contributed by atoms with van der Waals surface area (Å²) in [6, 6.07) is 13.1. The van der Waals surface area contributed by atoms with Crippen LogP contribution in [0.15, 0.2) is 48.5 Å². The maximum Gasteiger partial charge on any atom is 0.330 e. The fraction of sp³-hybridized carbons (Fsp3) is 0.286. The number of rotatable bonds is 5. The van der Waals surface area contributed by atoms with Crippen molar-refractivity contribution in [1.29, 1.82) is 0 Å². The van der Waals surface area contributed by atoms with Crippen LogP contribution in [0.5, 0.6) is 0 Å². The van der Waals surface area contributed by atoms with Crippen LogP contribution in [-0.2, 0) is 14.9 Å². The Hall–Kier alpha value is -3.15. The molecule has 0 aliphatic heterocycles. The number of nitro benzene ring substituents is 1. The monoisotopic (exact) mass is 366 g/mol. The van der Waals surface area contributed by atoms with Gasteiger partial charge in [0.2, 0.25) is 0 Å². The SMILES string of the molecule is COC(=O)/C=C/c1ccc(N[C@@H]2CC(C)(C)c3ccccc32)c([N+](=O)[O-])c1. The molecular weight excluding hydrogens is 344 g/mol. The molecule has 6 heteroatoms. The van der Waals surface area contributed by atoms with Crippen molar-refractivity contribution in [2.75, 3.05) is 12.4 Å². The zero-order valence-corrected chi connectivity index (χ0v) is 15.6. The van der Waals surface area contributed by atoms with Gasteiger partial charge in [0.15, 0.2) is 0 Å². The van der Waals surface area contributed by atoms with Gasteiger partial charge in [-0.25, -0.2) is 4.79 Å². The Morgan fingerprint density at radius 3 is 2.74 bits per heavy atom. The number of hydrogen-bond donors (Lipinski definition) is 1. The fourth-order valence-corrected chi connectivity index (χ4v) is 3.62. The molecule has 0 amide bonds. The summed E-state index contributed by atoms with van der Waals surface area (Å²) in [4.78, 5) is 22.4. The number of hydrogen-bond acceptors (Lipinski definition) is 5. The highest BCUT2D eigenvalue weighted by atomic mass is 16.6. The third-order valence-electron chi connectivity index (χ3n) is 4.94. The molecule has 1 aliphatic rings. The van der Waals surface area contributed by atoms with Gasteiger partial charge in [-0.2, -0.15) is 0 Å². The Kier molecular flexibility index (Phi) is 4.99. The molecule has 6 nitrogen and oxygen atoms in total. The Morgan fingerprint density at radius 2 is 2.04 bits per heavy atom. The molecule has 1 N–H and O–H groups in total. The average molecular weight is 366 g/mol. The number of ether oxygens (including phenoxy) is 1. The predicted octanol–water partition coefficient (Wildman–Crippen LogP) is 4.62. The van der Waals surface area contributed by atoms with Crippen LogP contribution in [0.3, 0.4) is 0 Å². The van der Waals surface area contributed by atoms with E-state index in [9.17, 15) is 14.9 Å². The highest BCUT2D eigenvalue weighted by molar-refractivity contribution is 5.87. The summed E-state index contributed by atoms with van der Waals surface area (Å²) in [7, 11) is 1.28. The second kappa shape index (κ2) is 7.23. The number of nitrogens with one attached hydrogen (secondary N) is 1. The molecule has 2 aromatic carbocycles. The average Bonchev–Trinajstić information content (AvgIpc) is 2.91. The highest BCUT2D eigenvalue weighted by Crippen LogP contribution is 2.46. The molecule has 3 rings (SSSR count). The Bertz CT molecular complexity index is 918. The van der Waals surface area contributed by atoms with Gasteiger partial charge in [0.05, 0.1) is 18.1 Å². The van der Waals surface area contributed by atoms with Crippen molar-refractivity contribution in [2.45, 2.75) is 31.7 Å². The summed E-state index contributed by atoms with van der Waals surface area (Å²) in [6.45, 7) is 4.37. The number of nitrogens with zero attached hydrogens (tertiary/aromatic N) is 1. The number of carbonyl (C=O) groups excluding carboxylic acids is 1. The van der Waals surface area contributed by atoms with Gasteiger partial charge in [0, 0.05) is 12.1 Å². The molecule has 27 heavy (non-hydrogen) atoms. The van der Waals surface area contributed by atoms with E-state index in [4.69, 9.17) is 0 Å². The van der Waals surface area contributed by atoms with Gasteiger partial charge in [-0.1, -0.05) is 44.2 Å². The molecule has 0 saturated carbocycles. The summed E-state index contributed by atoms with van der Waals surface area (Å²) < 4.78 is 4.54. The van der Waals surface area contributed by atoms with Crippen molar-refractivity contribution >= 4 is 23.4 Å². The van der Waals surface area contributed by atoms with E-state index < -0.39 is 10.9 Å². The highest BCUT2D eigenvalue weighted by Gasteiger charge is 2.37. The van der Waals surface area contributed by atoms with Gasteiger partial charge >= 0.3 is 5.97 Å². The first-order valence-corrected chi connectivity index (χ1v) is 8.72. The van der Waals surface area contributed by atoms with Gasteiger partial charge < -0.3 is 10.1 Å². The molecular formula is C21H22N2O4. The van der Waals surface area contributed by atoms with E-state index in [2.05, 4.69) is 36.0 Å². The van der Waals surface area contributed by atoms with Gasteiger partial charge in [0.1, 0.15) is 5.69 Å². The number of anilines is 1. The summed E-state index contributed by atoms with van der Waals surface area (Å²) in [5.74, 6) is -0.510. The molecule has 0 fully saturated rings. The maximum atomic E-state index is 11.6. The molecule has 0 unspecified atom stereocenters. The van der Waals surface area contributed by atoms with Crippen LogP contribution in [-0.4, -0.2) is 18.0 Å². The van der Waals surface area contributed by atoms with Crippen molar-refractivity contribution in [3.8, 4) is 0 Å². The molecule has 0 spiro atoms. The summed E-state index contributed by atoms with van der Waals surface area (Å²) in [5.41, 5.74) is 3.45. The van der Waals surface area contributed by atoms with Crippen LogP contribution in [0.1, 0.15) is 43.0 Å². The van der Waals surface area contributed by atoms with Crippen molar-refractivity contribution in [1.82, 2.24) is 0 Å². The molecule has 0 saturated heterocycles. The van der Waals surface area contributed by atoms with Crippen molar-refractivity contribution in [3.63, 3.8) is 0 Å². The number of nitro groups is 1. The minimum Gasteiger partial charge on any atom is -0.466 e. The Labute approximate surface area is 158 Å². The number of methoxy groups -OCH3 is 1. The zero-order valence-electron chi connectivity index (χ0n) is 15.6. The lowest BCUT2D eigenvalue weighted by molar-refractivity contribution is -0.384. The van der Waals surface area contributed by atoms with Gasteiger partial charge in [-0.15, -0.1) is 0 Å². The molecule has 0 bridgehead atoms. The minimum absolute atomic E-state index is 0.00589. The van der Waals surface area contributed by atoms with Crippen LogP contribution >= 0.6 is 0 Å². The maximum absolute atomic E-state index is 11.6. The normalized spacial score (nSPS) is 17.5. The van der Waals surface area contributed by atoms with Crippen molar-refractivity contribution in [3.05, 3.63) is 75.3 Å². The molecule has 2 aromatic rings.